The Bertz CT molecular complexity index is 684. The number of anilines is 1. The number of carbonyl (C=O) groups excluding carboxylic acids is 2. The predicted molar refractivity (Wildman–Crippen MR) is 90.9 cm³/mol. The van der Waals surface area contributed by atoms with Crippen LogP contribution in [0.15, 0.2) is 48.5 Å². The van der Waals surface area contributed by atoms with Gasteiger partial charge in [0.05, 0.1) is 13.1 Å². The molecule has 0 aromatic heterocycles. The van der Waals surface area contributed by atoms with Crippen LogP contribution in [0, 0.1) is 12.7 Å². The van der Waals surface area contributed by atoms with Crippen molar-refractivity contribution in [2.24, 2.45) is 0 Å². The molecule has 2 rings (SSSR count). The van der Waals surface area contributed by atoms with Crippen LogP contribution >= 0.6 is 0 Å². The van der Waals surface area contributed by atoms with Crippen molar-refractivity contribution in [3.63, 3.8) is 0 Å². The zero-order chi connectivity index (χ0) is 17.4. The van der Waals surface area contributed by atoms with Gasteiger partial charge in [-0.05, 0) is 36.8 Å². The fraction of sp³-hybridized carbons (Fsp3) is 0.222. The number of aryl methyl sites for hydroxylation is 1. The highest BCUT2D eigenvalue weighted by Gasteiger charge is 2.06. The largest absolute Gasteiger partial charge is 0.346 e. The van der Waals surface area contributed by atoms with Crippen molar-refractivity contribution < 1.29 is 14.0 Å². The second-order valence-electron chi connectivity index (χ2n) is 5.42. The average molecular weight is 329 g/mol. The number of halogens is 1. The Balaban J connectivity index is 1.64. The van der Waals surface area contributed by atoms with Gasteiger partial charge in [-0.2, -0.15) is 0 Å². The summed E-state index contributed by atoms with van der Waals surface area (Å²) in [5.41, 5.74) is 2.67. The van der Waals surface area contributed by atoms with Crippen molar-refractivity contribution in [3.05, 3.63) is 65.5 Å². The molecule has 3 N–H and O–H groups in total. The van der Waals surface area contributed by atoms with E-state index in [-0.39, 0.29) is 30.7 Å². The van der Waals surface area contributed by atoms with Crippen molar-refractivity contribution >= 4 is 17.5 Å². The standard InChI is InChI=1S/C18H20FN3O2/c1-13-2-8-16(9-3-13)22-18(24)12-21-17(23)11-20-10-14-4-6-15(19)7-5-14/h2-9,20H,10-12H2,1H3,(H,21,23)(H,22,24). The topological polar surface area (TPSA) is 70.2 Å². The van der Waals surface area contributed by atoms with Gasteiger partial charge in [0.1, 0.15) is 5.82 Å². The molecular weight excluding hydrogens is 309 g/mol. The van der Waals surface area contributed by atoms with Crippen molar-refractivity contribution in [2.75, 3.05) is 18.4 Å². The summed E-state index contributed by atoms with van der Waals surface area (Å²) in [5.74, 6) is -0.863. The van der Waals surface area contributed by atoms with E-state index in [0.29, 0.717) is 12.2 Å². The van der Waals surface area contributed by atoms with Crippen molar-refractivity contribution in [3.8, 4) is 0 Å². The molecule has 24 heavy (non-hydrogen) atoms. The molecule has 0 spiro atoms. The van der Waals surface area contributed by atoms with Gasteiger partial charge >= 0.3 is 0 Å². The van der Waals surface area contributed by atoms with Crippen LogP contribution in [0.3, 0.4) is 0 Å². The van der Waals surface area contributed by atoms with Crippen LogP contribution in [0.25, 0.3) is 0 Å². The monoisotopic (exact) mass is 329 g/mol. The minimum absolute atomic E-state index is 0.0786. The number of hydrogen-bond donors (Lipinski definition) is 3. The number of carbonyl (C=O) groups is 2. The smallest absolute Gasteiger partial charge is 0.243 e. The molecule has 0 atom stereocenters. The van der Waals surface area contributed by atoms with Gasteiger partial charge in [0.15, 0.2) is 0 Å². The van der Waals surface area contributed by atoms with Gasteiger partial charge in [0.25, 0.3) is 0 Å². The number of nitrogens with one attached hydrogen (secondary N) is 3. The highest BCUT2D eigenvalue weighted by atomic mass is 19.1. The number of hydrogen-bond acceptors (Lipinski definition) is 3. The third-order valence-corrected chi connectivity index (χ3v) is 3.31. The minimum atomic E-state index is -0.295. The molecule has 5 nitrogen and oxygen atoms in total. The fourth-order valence-electron chi connectivity index (χ4n) is 2.01. The van der Waals surface area contributed by atoms with Crippen molar-refractivity contribution in [1.29, 1.82) is 0 Å². The Morgan fingerprint density at radius 1 is 0.917 bits per heavy atom. The van der Waals surface area contributed by atoms with Crippen molar-refractivity contribution in [2.45, 2.75) is 13.5 Å². The summed E-state index contributed by atoms with van der Waals surface area (Å²) < 4.78 is 12.8. The maximum absolute atomic E-state index is 12.8. The summed E-state index contributed by atoms with van der Waals surface area (Å²) in [6.45, 7) is 2.40. The lowest BCUT2D eigenvalue weighted by Gasteiger charge is -2.08. The molecule has 0 aliphatic rings. The van der Waals surface area contributed by atoms with E-state index in [4.69, 9.17) is 0 Å². The first-order chi connectivity index (χ1) is 11.5. The second kappa shape index (κ2) is 8.79. The molecule has 6 heteroatoms. The minimum Gasteiger partial charge on any atom is -0.346 e. The zero-order valence-corrected chi connectivity index (χ0v) is 13.4. The van der Waals surface area contributed by atoms with Gasteiger partial charge in [-0.15, -0.1) is 0 Å². The summed E-state index contributed by atoms with van der Waals surface area (Å²) in [5, 5.41) is 8.17. The summed E-state index contributed by atoms with van der Waals surface area (Å²) >= 11 is 0. The summed E-state index contributed by atoms with van der Waals surface area (Å²) in [7, 11) is 0. The van der Waals surface area contributed by atoms with E-state index in [1.54, 1.807) is 24.3 Å². The van der Waals surface area contributed by atoms with Gasteiger partial charge in [0, 0.05) is 12.2 Å². The van der Waals surface area contributed by atoms with Crippen molar-refractivity contribution in [1.82, 2.24) is 10.6 Å². The van der Waals surface area contributed by atoms with Gasteiger partial charge in [-0.25, -0.2) is 4.39 Å². The van der Waals surface area contributed by atoms with E-state index in [1.165, 1.54) is 12.1 Å². The number of rotatable bonds is 7. The van der Waals surface area contributed by atoms with E-state index >= 15 is 0 Å². The first-order valence-electron chi connectivity index (χ1n) is 7.61. The third-order valence-electron chi connectivity index (χ3n) is 3.31. The average Bonchev–Trinajstić information content (AvgIpc) is 2.57. The first kappa shape index (κ1) is 17.6. The molecule has 0 unspecified atom stereocenters. The van der Waals surface area contributed by atoms with E-state index in [1.807, 2.05) is 19.1 Å². The van der Waals surface area contributed by atoms with Gasteiger partial charge in [0.2, 0.25) is 11.8 Å². The Hall–Kier alpha value is -2.73. The molecule has 0 fully saturated rings. The van der Waals surface area contributed by atoms with Crippen LogP contribution in [-0.2, 0) is 16.1 Å². The molecule has 0 saturated carbocycles. The Kier molecular flexibility index (Phi) is 6.45. The SMILES string of the molecule is Cc1ccc(NC(=O)CNC(=O)CNCc2ccc(F)cc2)cc1. The molecule has 0 bridgehead atoms. The van der Waals surface area contributed by atoms with Crippen LogP contribution in [0.2, 0.25) is 0 Å². The lowest BCUT2D eigenvalue weighted by molar-refractivity contribution is -0.123. The molecule has 126 valence electrons. The van der Waals surface area contributed by atoms with Crippen LogP contribution < -0.4 is 16.0 Å². The van der Waals surface area contributed by atoms with E-state index in [2.05, 4.69) is 16.0 Å². The van der Waals surface area contributed by atoms with Gasteiger partial charge in [-0.1, -0.05) is 29.8 Å². The lowest BCUT2D eigenvalue weighted by Crippen LogP contribution is -2.38. The summed E-state index contributed by atoms with van der Waals surface area (Å²) in [6, 6.07) is 13.4. The van der Waals surface area contributed by atoms with E-state index in [9.17, 15) is 14.0 Å². The number of amides is 2. The quantitative estimate of drug-likeness (QED) is 0.727. The second-order valence-corrected chi connectivity index (χ2v) is 5.42. The van der Waals surface area contributed by atoms with Gasteiger partial charge in [-0.3, -0.25) is 9.59 Å². The van der Waals surface area contributed by atoms with Gasteiger partial charge < -0.3 is 16.0 Å². The van der Waals surface area contributed by atoms with E-state index in [0.717, 1.165) is 11.1 Å². The maximum Gasteiger partial charge on any atom is 0.243 e. The molecule has 0 saturated heterocycles. The molecular formula is C18H20FN3O2. The fourth-order valence-corrected chi connectivity index (χ4v) is 2.01. The Morgan fingerprint density at radius 3 is 2.25 bits per heavy atom. The first-order valence-corrected chi connectivity index (χ1v) is 7.61. The maximum atomic E-state index is 12.8. The molecule has 0 aliphatic heterocycles. The Morgan fingerprint density at radius 2 is 1.58 bits per heavy atom. The normalized spacial score (nSPS) is 10.2. The Labute approximate surface area is 140 Å². The third kappa shape index (κ3) is 6.18. The van der Waals surface area contributed by atoms with Crippen LogP contribution in [-0.4, -0.2) is 24.9 Å². The molecule has 0 radical (unpaired) electrons. The molecule has 0 aliphatic carbocycles. The molecule has 2 aromatic rings. The number of benzene rings is 2. The zero-order valence-electron chi connectivity index (χ0n) is 13.4. The molecule has 0 heterocycles. The summed E-state index contributed by atoms with van der Waals surface area (Å²) in [6.07, 6.45) is 0. The predicted octanol–water partition coefficient (Wildman–Crippen LogP) is 1.98. The van der Waals surface area contributed by atoms with Crippen LogP contribution in [0.5, 0.6) is 0 Å². The lowest BCUT2D eigenvalue weighted by atomic mass is 10.2. The summed E-state index contributed by atoms with van der Waals surface area (Å²) in [4.78, 5) is 23.4. The molecule has 2 aromatic carbocycles. The highest BCUT2D eigenvalue weighted by Crippen LogP contribution is 2.07. The van der Waals surface area contributed by atoms with Crippen LogP contribution in [0.4, 0.5) is 10.1 Å². The molecule has 2 amide bonds. The highest BCUT2D eigenvalue weighted by molar-refractivity contribution is 5.94. The van der Waals surface area contributed by atoms with Crippen LogP contribution in [0.1, 0.15) is 11.1 Å². The van der Waals surface area contributed by atoms with E-state index < -0.39 is 0 Å².